The molecule has 1 aromatic rings. The molecule has 18 heavy (non-hydrogen) atoms. The van der Waals surface area contributed by atoms with Gasteiger partial charge in [0.15, 0.2) is 0 Å². The van der Waals surface area contributed by atoms with Crippen LogP contribution in [-0.4, -0.2) is 18.1 Å². The van der Waals surface area contributed by atoms with E-state index in [4.69, 9.17) is 16.3 Å². The molecule has 3 nitrogen and oxygen atoms in total. The highest BCUT2D eigenvalue weighted by Crippen LogP contribution is 2.25. The van der Waals surface area contributed by atoms with Crippen LogP contribution in [0.5, 0.6) is 0 Å². The highest BCUT2D eigenvalue weighted by atomic mass is 79.9. The number of hydrogen-bond donors (Lipinski definition) is 1. The van der Waals surface area contributed by atoms with E-state index in [1.54, 1.807) is 6.07 Å². The van der Waals surface area contributed by atoms with E-state index in [2.05, 4.69) is 21.2 Å². The van der Waals surface area contributed by atoms with Crippen molar-refractivity contribution in [3.63, 3.8) is 0 Å². The average molecular weight is 335 g/mol. The van der Waals surface area contributed by atoms with Crippen LogP contribution in [0.4, 0.5) is 5.69 Å². The Hall–Kier alpha value is -0.740. The second kappa shape index (κ2) is 6.43. The van der Waals surface area contributed by atoms with Crippen molar-refractivity contribution in [3.8, 4) is 0 Å². The number of anilines is 1. The van der Waals surface area contributed by atoms with Gasteiger partial charge < -0.3 is 10.1 Å². The topological polar surface area (TPSA) is 38.3 Å². The summed E-state index contributed by atoms with van der Waals surface area (Å²) in [5.74, 6) is -0.206. The summed E-state index contributed by atoms with van der Waals surface area (Å²) in [6.07, 6.45) is 0.331. The van der Waals surface area contributed by atoms with E-state index >= 15 is 0 Å². The first-order chi connectivity index (χ1) is 8.28. The van der Waals surface area contributed by atoms with Crippen LogP contribution in [0.1, 0.15) is 27.2 Å². The predicted molar refractivity (Wildman–Crippen MR) is 78.1 cm³/mol. The minimum atomic E-state index is -0.430. The van der Waals surface area contributed by atoms with Crippen LogP contribution in [-0.2, 0) is 9.53 Å². The molecule has 5 heteroatoms. The first kappa shape index (κ1) is 15.3. The molecule has 1 N–H and O–H groups in total. The zero-order valence-corrected chi connectivity index (χ0v) is 13.1. The van der Waals surface area contributed by atoms with Crippen molar-refractivity contribution < 1.29 is 9.53 Å². The molecule has 0 spiro atoms. The number of nitrogens with one attached hydrogen (secondary N) is 1. The molecule has 0 amide bonds. The van der Waals surface area contributed by atoms with Crippen LogP contribution in [0.2, 0.25) is 5.02 Å². The van der Waals surface area contributed by atoms with E-state index in [1.165, 1.54) is 0 Å². The van der Waals surface area contributed by atoms with Crippen molar-refractivity contribution >= 4 is 39.2 Å². The molecular formula is C13H17BrClNO2. The first-order valence-corrected chi connectivity index (χ1v) is 6.86. The number of ether oxygens (including phenoxy) is 1. The van der Waals surface area contributed by atoms with Gasteiger partial charge in [0.2, 0.25) is 0 Å². The van der Waals surface area contributed by atoms with Gasteiger partial charge in [0.1, 0.15) is 5.60 Å². The lowest BCUT2D eigenvalue weighted by atomic mass is 10.2. The highest BCUT2D eigenvalue weighted by Gasteiger charge is 2.15. The Kier molecular flexibility index (Phi) is 5.47. The molecule has 0 aliphatic heterocycles. The van der Waals surface area contributed by atoms with Gasteiger partial charge in [-0.05, 0) is 54.9 Å². The van der Waals surface area contributed by atoms with Gasteiger partial charge in [-0.3, -0.25) is 4.79 Å². The SMILES string of the molecule is CC(C)(C)OC(=O)CCNc1ccc(Cl)c(Br)c1. The van der Waals surface area contributed by atoms with Crippen molar-refractivity contribution in [2.45, 2.75) is 32.8 Å². The maximum Gasteiger partial charge on any atom is 0.308 e. The number of carbonyl (C=O) groups is 1. The Bertz CT molecular complexity index is 429. The van der Waals surface area contributed by atoms with Crippen LogP contribution in [0.25, 0.3) is 0 Å². The van der Waals surface area contributed by atoms with Crippen LogP contribution in [0.3, 0.4) is 0 Å². The smallest absolute Gasteiger partial charge is 0.308 e. The minimum Gasteiger partial charge on any atom is -0.460 e. The predicted octanol–water partition coefficient (Wildman–Crippen LogP) is 4.25. The van der Waals surface area contributed by atoms with Gasteiger partial charge in [-0.15, -0.1) is 0 Å². The number of carbonyl (C=O) groups excluding carboxylic acids is 1. The van der Waals surface area contributed by atoms with Gasteiger partial charge in [0, 0.05) is 16.7 Å². The number of hydrogen-bond acceptors (Lipinski definition) is 3. The van der Waals surface area contributed by atoms with Gasteiger partial charge >= 0.3 is 5.97 Å². The molecule has 0 bridgehead atoms. The quantitative estimate of drug-likeness (QED) is 0.837. The Morgan fingerprint density at radius 1 is 1.44 bits per heavy atom. The van der Waals surface area contributed by atoms with Gasteiger partial charge in [0.05, 0.1) is 11.4 Å². The average Bonchev–Trinajstić information content (AvgIpc) is 2.20. The van der Waals surface area contributed by atoms with E-state index in [1.807, 2.05) is 32.9 Å². The molecule has 0 fully saturated rings. The molecule has 0 unspecified atom stereocenters. The maximum atomic E-state index is 11.5. The zero-order chi connectivity index (χ0) is 13.8. The Labute approximate surface area is 121 Å². The lowest BCUT2D eigenvalue weighted by molar-refractivity contribution is -0.154. The molecular weight excluding hydrogens is 318 g/mol. The van der Waals surface area contributed by atoms with E-state index in [0.29, 0.717) is 18.0 Å². The fourth-order valence-electron chi connectivity index (χ4n) is 1.31. The van der Waals surface area contributed by atoms with Crippen molar-refractivity contribution in [3.05, 3.63) is 27.7 Å². The number of benzene rings is 1. The normalized spacial score (nSPS) is 11.2. The van der Waals surface area contributed by atoms with Crippen LogP contribution in [0, 0.1) is 0 Å². The fourth-order valence-corrected chi connectivity index (χ4v) is 1.80. The van der Waals surface area contributed by atoms with Crippen LogP contribution >= 0.6 is 27.5 Å². The van der Waals surface area contributed by atoms with Crippen LogP contribution in [0.15, 0.2) is 22.7 Å². The second-order valence-electron chi connectivity index (χ2n) is 4.89. The summed E-state index contributed by atoms with van der Waals surface area (Å²) in [5.41, 5.74) is 0.482. The zero-order valence-electron chi connectivity index (χ0n) is 10.7. The maximum absolute atomic E-state index is 11.5. The summed E-state index contributed by atoms with van der Waals surface area (Å²) in [7, 11) is 0. The van der Waals surface area contributed by atoms with E-state index in [0.717, 1.165) is 10.2 Å². The summed E-state index contributed by atoms with van der Waals surface area (Å²) in [6, 6.07) is 5.53. The molecule has 1 aromatic carbocycles. The Morgan fingerprint density at radius 2 is 2.11 bits per heavy atom. The Balaban J connectivity index is 2.38. The van der Waals surface area contributed by atoms with Gasteiger partial charge in [-0.1, -0.05) is 11.6 Å². The molecule has 0 radical (unpaired) electrons. The summed E-state index contributed by atoms with van der Waals surface area (Å²) in [5, 5.41) is 3.80. The van der Waals surface area contributed by atoms with E-state index in [9.17, 15) is 4.79 Å². The van der Waals surface area contributed by atoms with Crippen molar-refractivity contribution in [1.29, 1.82) is 0 Å². The molecule has 0 heterocycles. The molecule has 0 saturated carbocycles. The van der Waals surface area contributed by atoms with Crippen LogP contribution < -0.4 is 5.32 Å². The molecule has 0 saturated heterocycles. The summed E-state index contributed by atoms with van der Waals surface area (Å²) < 4.78 is 6.03. The monoisotopic (exact) mass is 333 g/mol. The molecule has 0 aliphatic carbocycles. The van der Waals surface area contributed by atoms with Crippen molar-refractivity contribution in [2.24, 2.45) is 0 Å². The molecule has 1 rings (SSSR count). The molecule has 100 valence electrons. The number of halogens is 2. The second-order valence-corrected chi connectivity index (χ2v) is 6.15. The van der Waals surface area contributed by atoms with Gasteiger partial charge in [-0.25, -0.2) is 0 Å². The Morgan fingerprint density at radius 3 is 2.67 bits per heavy atom. The highest BCUT2D eigenvalue weighted by molar-refractivity contribution is 9.10. The third kappa shape index (κ3) is 5.74. The number of esters is 1. The minimum absolute atomic E-state index is 0.206. The summed E-state index contributed by atoms with van der Waals surface area (Å²) in [4.78, 5) is 11.5. The van der Waals surface area contributed by atoms with Crippen molar-refractivity contribution in [2.75, 3.05) is 11.9 Å². The first-order valence-electron chi connectivity index (χ1n) is 5.69. The van der Waals surface area contributed by atoms with Gasteiger partial charge in [-0.2, -0.15) is 0 Å². The largest absolute Gasteiger partial charge is 0.460 e. The molecule has 0 atom stereocenters. The standard InChI is InChI=1S/C13H17BrClNO2/c1-13(2,3)18-12(17)6-7-16-9-4-5-11(15)10(14)8-9/h4-5,8,16H,6-7H2,1-3H3. The van der Waals surface area contributed by atoms with E-state index < -0.39 is 5.60 Å². The number of rotatable bonds is 4. The summed E-state index contributed by atoms with van der Waals surface area (Å²) in [6.45, 7) is 6.10. The lowest BCUT2D eigenvalue weighted by Crippen LogP contribution is -2.25. The fraction of sp³-hybridized carbons (Fsp3) is 0.462. The van der Waals surface area contributed by atoms with Crippen molar-refractivity contribution in [1.82, 2.24) is 0 Å². The van der Waals surface area contributed by atoms with E-state index in [-0.39, 0.29) is 5.97 Å². The third-order valence-electron chi connectivity index (χ3n) is 2.00. The van der Waals surface area contributed by atoms with Gasteiger partial charge in [0.25, 0.3) is 0 Å². The molecule has 0 aliphatic rings. The lowest BCUT2D eigenvalue weighted by Gasteiger charge is -2.19. The summed E-state index contributed by atoms with van der Waals surface area (Å²) >= 11 is 9.23. The third-order valence-corrected chi connectivity index (χ3v) is 3.21. The molecule has 0 aromatic heterocycles.